The van der Waals surface area contributed by atoms with Crippen LogP contribution in [0.2, 0.25) is 0 Å². The lowest BCUT2D eigenvalue weighted by Crippen LogP contribution is -2.41. The summed E-state index contributed by atoms with van der Waals surface area (Å²) in [6.07, 6.45) is 0. The molecule has 0 bridgehead atoms. The Morgan fingerprint density at radius 1 is 0.700 bits per heavy atom. The Hall–Kier alpha value is -2.36. The molecule has 0 amide bonds. The summed E-state index contributed by atoms with van der Waals surface area (Å²) in [5, 5.41) is 38.4. The predicted octanol–water partition coefficient (Wildman–Crippen LogP) is 3.32. The van der Waals surface area contributed by atoms with E-state index in [0.29, 0.717) is 22.6 Å². The van der Waals surface area contributed by atoms with E-state index in [4.69, 9.17) is 0 Å². The number of thioether (sulfide) groups is 4. The Morgan fingerprint density at radius 2 is 1.07 bits per heavy atom. The van der Waals surface area contributed by atoms with E-state index < -0.39 is 34.8 Å². The van der Waals surface area contributed by atoms with Crippen LogP contribution < -0.4 is 0 Å². The van der Waals surface area contributed by atoms with Crippen molar-refractivity contribution >= 4 is 69.2 Å². The predicted molar refractivity (Wildman–Crippen MR) is 158 cm³/mol. The molecule has 14 heteroatoms. The SMILES string of the molecule is O=C(CN1C(C(=O)O)CSC1c1ccccc1O)SCCSC(=O)CN1C(C(=O)O)CSC1c1ccccc1O. The molecule has 2 saturated heterocycles. The summed E-state index contributed by atoms with van der Waals surface area (Å²) in [6, 6.07) is 11.6. The molecule has 2 aromatic carbocycles. The maximum Gasteiger partial charge on any atom is 0.321 e. The highest BCUT2D eigenvalue weighted by molar-refractivity contribution is 8.17. The normalized spacial score (nSPS) is 23.3. The highest BCUT2D eigenvalue weighted by atomic mass is 32.2. The van der Waals surface area contributed by atoms with Crippen molar-refractivity contribution in [3.8, 4) is 11.5 Å². The van der Waals surface area contributed by atoms with Crippen LogP contribution in [-0.2, 0) is 19.2 Å². The van der Waals surface area contributed by atoms with Crippen LogP contribution in [-0.4, -0.2) is 101 Å². The summed E-state index contributed by atoms with van der Waals surface area (Å²) >= 11 is 4.72. The molecule has 40 heavy (non-hydrogen) atoms. The molecule has 0 spiro atoms. The van der Waals surface area contributed by atoms with E-state index in [1.54, 1.807) is 46.2 Å². The van der Waals surface area contributed by atoms with E-state index in [2.05, 4.69) is 0 Å². The largest absolute Gasteiger partial charge is 0.508 e. The van der Waals surface area contributed by atoms with E-state index >= 15 is 0 Å². The van der Waals surface area contributed by atoms with Crippen molar-refractivity contribution in [1.29, 1.82) is 0 Å². The minimum atomic E-state index is -1.04. The first-order chi connectivity index (χ1) is 19.2. The Labute approximate surface area is 247 Å². The van der Waals surface area contributed by atoms with Crippen molar-refractivity contribution in [3.05, 3.63) is 59.7 Å². The summed E-state index contributed by atoms with van der Waals surface area (Å²) in [4.78, 5) is 52.3. The van der Waals surface area contributed by atoms with Crippen molar-refractivity contribution in [2.45, 2.75) is 22.8 Å². The lowest BCUT2D eigenvalue weighted by molar-refractivity contribution is -0.143. The van der Waals surface area contributed by atoms with Gasteiger partial charge in [-0.2, -0.15) is 0 Å². The number of aliphatic carboxylic acids is 2. The number of carboxylic acid groups (broad SMARTS) is 2. The second-order valence-corrected chi connectivity index (χ2v) is 13.5. The molecule has 4 unspecified atom stereocenters. The quantitative estimate of drug-likeness (QED) is 0.270. The van der Waals surface area contributed by atoms with Gasteiger partial charge in [0.1, 0.15) is 23.6 Å². The fourth-order valence-corrected chi connectivity index (χ4v) is 9.10. The molecule has 2 aliphatic rings. The van der Waals surface area contributed by atoms with Gasteiger partial charge in [-0.1, -0.05) is 59.9 Å². The van der Waals surface area contributed by atoms with Gasteiger partial charge in [-0.3, -0.25) is 29.0 Å². The van der Waals surface area contributed by atoms with Gasteiger partial charge in [0, 0.05) is 34.1 Å². The van der Waals surface area contributed by atoms with Gasteiger partial charge in [0.05, 0.1) is 23.8 Å². The van der Waals surface area contributed by atoms with Crippen molar-refractivity contribution in [2.24, 2.45) is 0 Å². The average molecular weight is 625 g/mol. The molecule has 4 atom stereocenters. The molecule has 2 fully saturated rings. The summed E-state index contributed by atoms with van der Waals surface area (Å²) < 4.78 is 0. The van der Waals surface area contributed by atoms with E-state index in [0.717, 1.165) is 23.5 Å². The van der Waals surface area contributed by atoms with Gasteiger partial charge in [-0.25, -0.2) is 0 Å². The smallest absolute Gasteiger partial charge is 0.321 e. The summed E-state index contributed by atoms with van der Waals surface area (Å²) in [7, 11) is 0. The number of benzene rings is 2. The second kappa shape index (κ2) is 14.0. The van der Waals surface area contributed by atoms with Gasteiger partial charge in [-0.05, 0) is 12.1 Å². The maximum atomic E-state index is 12.8. The summed E-state index contributed by atoms with van der Waals surface area (Å²) in [5.74, 6) is -0.800. The van der Waals surface area contributed by atoms with E-state index in [1.165, 1.54) is 35.7 Å². The first-order valence-corrected chi connectivity index (χ1v) is 16.3. The van der Waals surface area contributed by atoms with Crippen LogP contribution in [0.1, 0.15) is 21.9 Å². The molecule has 214 valence electrons. The number of rotatable bonds is 11. The number of hydrogen-bond donors (Lipinski definition) is 4. The van der Waals surface area contributed by atoms with Crippen LogP contribution >= 0.6 is 47.0 Å². The Morgan fingerprint density at radius 3 is 1.43 bits per heavy atom. The van der Waals surface area contributed by atoms with Crippen LogP contribution in [0.3, 0.4) is 0 Å². The topological polar surface area (TPSA) is 156 Å². The molecule has 10 nitrogen and oxygen atoms in total. The highest BCUT2D eigenvalue weighted by Crippen LogP contribution is 2.45. The molecule has 2 aromatic rings. The molecular formula is C26H28N2O8S4. The van der Waals surface area contributed by atoms with Crippen LogP contribution in [0.4, 0.5) is 0 Å². The number of phenols is 2. The third-order valence-electron chi connectivity index (χ3n) is 6.44. The number of aromatic hydroxyl groups is 2. The zero-order valence-corrected chi connectivity index (χ0v) is 24.4. The van der Waals surface area contributed by atoms with Crippen molar-refractivity contribution in [2.75, 3.05) is 36.1 Å². The van der Waals surface area contributed by atoms with Crippen molar-refractivity contribution in [1.82, 2.24) is 9.80 Å². The van der Waals surface area contributed by atoms with Gasteiger partial charge in [0.2, 0.25) is 10.2 Å². The number of carboxylic acids is 2. The third kappa shape index (κ3) is 7.28. The number of nitrogens with zero attached hydrogens (tertiary/aromatic N) is 2. The van der Waals surface area contributed by atoms with Crippen LogP contribution in [0.15, 0.2) is 48.5 Å². The summed E-state index contributed by atoms with van der Waals surface area (Å²) in [5.41, 5.74) is 1.11. The van der Waals surface area contributed by atoms with Gasteiger partial charge < -0.3 is 20.4 Å². The Balaban J connectivity index is 1.29. The molecule has 4 rings (SSSR count). The van der Waals surface area contributed by atoms with Gasteiger partial charge in [-0.15, -0.1) is 23.5 Å². The lowest BCUT2D eigenvalue weighted by Gasteiger charge is -2.27. The summed E-state index contributed by atoms with van der Waals surface area (Å²) in [6.45, 7) is -0.250. The van der Waals surface area contributed by atoms with E-state index in [-0.39, 0.29) is 46.3 Å². The Bertz CT molecular complexity index is 1170. The minimum absolute atomic E-state index is 0.0392. The molecule has 2 aliphatic heterocycles. The molecule has 0 aliphatic carbocycles. The first kappa shape index (κ1) is 30.6. The van der Waals surface area contributed by atoms with Crippen LogP contribution in [0.25, 0.3) is 0 Å². The molecule has 2 heterocycles. The zero-order valence-electron chi connectivity index (χ0n) is 21.1. The number of hydrogen-bond acceptors (Lipinski definition) is 12. The molecular weight excluding hydrogens is 597 g/mol. The fraction of sp³-hybridized carbons (Fsp3) is 0.385. The maximum absolute atomic E-state index is 12.8. The van der Waals surface area contributed by atoms with Gasteiger partial charge >= 0.3 is 11.9 Å². The van der Waals surface area contributed by atoms with Crippen molar-refractivity contribution in [3.63, 3.8) is 0 Å². The van der Waals surface area contributed by atoms with Crippen LogP contribution in [0, 0.1) is 0 Å². The number of carbonyl (C=O) groups excluding carboxylic acids is 2. The molecule has 4 N–H and O–H groups in total. The zero-order chi connectivity index (χ0) is 28.8. The number of para-hydroxylation sites is 2. The van der Waals surface area contributed by atoms with E-state index in [1.807, 2.05) is 0 Å². The fourth-order valence-electron chi connectivity index (χ4n) is 4.52. The van der Waals surface area contributed by atoms with Crippen molar-refractivity contribution < 1.29 is 39.6 Å². The van der Waals surface area contributed by atoms with Gasteiger partial charge in [0.15, 0.2) is 0 Å². The standard InChI is InChI=1S/C26H28N2O8S4/c29-19-7-3-1-5-15(19)23-27(17(13-39-23)25(33)34)11-21(31)37-9-10-38-22(32)12-28-18(26(35)36)14-40-24(28)16-6-2-4-8-20(16)30/h1-8,17-18,23-24,29-30H,9-14H2,(H,33,34)(H,35,36). The highest BCUT2D eigenvalue weighted by Gasteiger charge is 2.42. The third-order valence-corrected chi connectivity index (χ3v) is 11.1. The first-order valence-electron chi connectivity index (χ1n) is 12.2. The number of phenolic OH excluding ortho intramolecular Hbond substituents is 2. The Kier molecular flexibility index (Phi) is 10.7. The molecule has 0 saturated carbocycles. The van der Waals surface area contributed by atoms with Crippen LogP contribution in [0.5, 0.6) is 11.5 Å². The van der Waals surface area contributed by atoms with Gasteiger partial charge in [0.25, 0.3) is 0 Å². The monoisotopic (exact) mass is 624 g/mol. The molecule has 0 radical (unpaired) electrons. The minimum Gasteiger partial charge on any atom is -0.508 e. The second-order valence-electron chi connectivity index (χ2n) is 8.98. The lowest BCUT2D eigenvalue weighted by atomic mass is 10.1. The number of carbonyl (C=O) groups is 4. The molecule has 0 aromatic heterocycles. The van der Waals surface area contributed by atoms with E-state index in [9.17, 15) is 39.6 Å². The average Bonchev–Trinajstić information content (AvgIpc) is 3.52.